The number of nitrogens with zero attached hydrogens (tertiary/aromatic N) is 1. The van der Waals surface area contributed by atoms with Crippen molar-refractivity contribution in [2.75, 3.05) is 27.7 Å². The molecule has 0 fully saturated rings. The second-order valence-corrected chi connectivity index (χ2v) is 7.05. The molecule has 0 saturated carbocycles. The van der Waals surface area contributed by atoms with Crippen LogP contribution in [0, 0.1) is 0 Å². The zero-order valence-electron chi connectivity index (χ0n) is 12.6. The maximum Gasteiger partial charge on any atom is 0.157 e. The number of hydrogen-bond acceptors (Lipinski definition) is 3. The van der Waals surface area contributed by atoms with E-state index in [1.54, 1.807) is 7.11 Å². The van der Waals surface area contributed by atoms with Crippen molar-refractivity contribution >= 4 is 21.7 Å². The number of benzene rings is 1. The molecule has 0 N–H and O–H groups in total. The van der Waals surface area contributed by atoms with E-state index in [0.717, 1.165) is 30.7 Å². The van der Waals surface area contributed by atoms with Crippen LogP contribution < -0.4 is 4.74 Å². The Morgan fingerprint density at radius 3 is 2.75 bits per heavy atom. The van der Waals surface area contributed by atoms with Crippen LogP contribution in [0.3, 0.4) is 0 Å². The van der Waals surface area contributed by atoms with E-state index >= 15 is 0 Å². The first-order chi connectivity index (χ1) is 9.38. The molecular weight excluding hydrogens is 318 g/mol. The predicted molar refractivity (Wildman–Crippen MR) is 84.9 cm³/mol. The number of fused-ring (bicyclic) bond motifs is 1. The van der Waals surface area contributed by atoms with Gasteiger partial charge in [0, 0.05) is 0 Å². The molecule has 0 spiro atoms. The Morgan fingerprint density at radius 2 is 2.15 bits per heavy atom. The number of Topliss-reactive ketones (excluding diaryl/α,β-unsaturated/α-hetero) is 1. The maximum absolute atomic E-state index is 12.7. The Kier molecular flexibility index (Phi) is 4.55. The standard InChI is InChI=1S/C16H22BrNO2/c1-16(7-8-18(2)3)13-10-12(20-4)6-5-11(13)9-14(17)15(16)19/h5-6,10,14H,7-9H2,1-4H3. The van der Waals surface area contributed by atoms with Gasteiger partial charge >= 0.3 is 0 Å². The van der Waals surface area contributed by atoms with E-state index in [1.165, 1.54) is 5.56 Å². The highest BCUT2D eigenvalue weighted by Gasteiger charge is 2.43. The summed E-state index contributed by atoms with van der Waals surface area (Å²) >= 11 is 3.55. The van der Waals surface area contributed by atoms with Gasteiger partial charge in [-0.2, -0.15) is 0 Å². The molecule has 1 aromatic rings. The molecule has 0 aliphatic heterocycles. The van der Waals surface area contributed by atoms with Gasteiger partial charge in [0.15, 0.2) is 5.78 Å². The fourth-order valence-electron chi connectivity index (χ4n) is 2.84. The summed E-state index contributed by atoms with van der Waals surface area (Å²) in [6.07, 6.45) is 1.58. The normalized spacial score (nSPS) is 25.7. The van der Waals surface area contributed by atoms with E-state index in [9.17, 15) is 4.79 Å². The zero-order valence-corrected chi connectivity index (χ0v) is 14.2. The molecule has 0 aromatic heterocycles. The molecule has 2 unspecified atom stereocenters. The first kappa shape index (κ1) is 15.5. The number of hydrogen-bond donors (Lipinski definition) is 0. The minimum Gasteiger partial charge on any atom is -0.497 e. The molecule has 0 amide bonds. The first-order valence-electron chi connectivity index (χ1n) is 6.89. The van der Waals surface area contributed by atoms with E-state index in [0.29, 0.717) is 0 Å². The molecule has 2 atom stereocenters. The summed E-state index contributed by atoms with van der Waals surface area (Å²) in [6.45, 7) is 2.95. The number of methoxy groups -OCH3 is 1. The fourth-order valence-corrected chi connectivity index (χ4v) is 3.70. The number of halogens is 1. The lowest BCUT2D eigenvalue weighted by atomic mass is 9.68. The van der Waals surface area contributed by atoms with Crippen LogP contribution in [0.25, 0.3) is 0 Å². The third-order valence-corrected chi connectivity index (χ3v) is 4.94. The average molecular weight is 340 g/mol. The summed E-state index contributed by atoms with van der Waals surface area (Å²) in [5.41, 5.74) is 1.92. The smallest absolute Gasteiger partial charge is 0.157 e. The molecule has 0 radical (unpaired) electrons. The summed E-state index contributed by atoms with van der Waals surface area (Å²) in [4.78, 5) is 14.7. The van der Waals surface area contributed by atoms with Crippen molar-refractivity contribution in [2.24, 2.45) is 0 Å². The Labute approximate surface area is 129 Å². The van der Waals surface area contributed by atoms with Crippen molar-refractivity contribution in [3.8, 4) is 5.75 Å². The van der Waals surface area contributed by atoms with Crippen molar-refractivity contribution in [1.29, 1.82) is 0 Å². The number of carbonyl (C=O) groups excluding carboxylic acids is 1. The highest BCUT2D eigenvalue weighted by Crippen LogP contribution is 2.41. The Hall–Kier alpha value is -0.870. The SMILES string of the molecule is COc1ccc2c(c1)C(C)(CCN(C)C)C(=O)C(Br)C2. The van der Waals surface area contributed by atoms with Crippen molar-refractivity contribution in [2.45, 2.75) is 30.0 Å². The van der Waals surface area contributed by atoms with E-state index in [1.807, 2.05) is 26.2 Å². The number of ether oxygens (including phenoxy) is 1. The lowest BCUT2D eigenvalue weighted by molar-refractivity contribution is -0.124. The van der Waals surface area contributed by atoms with Crippen LogP contribution in [-0.4, -0.2) is 43.3 Å². The molecule has 4 heteroatoms. The van der Waals surface area contributed by atoms with Gasteiger partial charge in [0.25, 0.3) is 0 Å². The third kappa shape index (κ3) is 2.77. The molecular formula is C16H22BrNO2. The molecule has 1 aliphatic carbocycles. The van der Waals surface area contributed by atoms with E-state index < -0.39 is 5.41 Å². The topological polar surface area (TPSA) is 29.5 Å². The maximum atomic E-state index is 12.7. The molecule has 2 rings (SSSR count). The molecule has 20 heavy (non-hydrogen) atoms. The van der Waals surface area contributed by atoms with Crippen molar-refractivity contribution in [3.63, 3.8) is 0 Å². The third-order valence-electron chi connectivity index (χ3n) is 4.20. The lowest BCUT2D eigenvalue weighted by Gasteiger charge is -2.37. The van der Waals surface area contributed by atoms with Crippen LogP contribution in [0.5, 0.6) is 5.75 Å². The van der Waals surface area contributed by atoms with Gasteiger partial charge in [0.05, 0.1) is 17.4 Å². The van der Waals surface area contributed by atoms with Crippen LogP contribution in [0.2, 0.25) is 0 Å². The molecule has 3 nitrogen and oxygen atoms in total. The summed E-state index contributed by atoms with van der Waals surface area (Å²) < 4.78 is 5.33. The van der Waals surface area contributed by atoms with Crippen LogP contribution in [-0.2, 0) is 16.6 Å². The number of carbonyl (C=O) groups is 1. The number of rotatable bonds is 4. The molecule has 1 aliphatic rings. The minimum absolute atomic E-state index is 0.0874. The average Bonchev–Trinajstić information content (AvgIpc) is 2.43. The number of ketones is 1. The molecule has 0 heterocycles. The van der Waals surface area contributed by atoms with Gasteiger partial charge in [-0.3, -0.25) is 4.79 Å². The second kappa shape index (κ2) is 5.86. The van der Waals surface area contributed by atoms with Crippen LogP contribution in [0.15, 0.2) is 18.2 Å². The Balaban J connectivity index is 2.46. The summed E-state index contributed by atoms with van der Waals surface area (Å²) in [5.74, 6) is 1.10. The predicted octanol–water partition coefficient (Wildman–Crippen LogP) is 2.79. The fraction of sp³-hybridized carbons (Fsp3) is 0.562. The lowest BCUT2D eigenvalue weighted by Crippen LogP contribution is -2.45. The Morgan fingerprint density at radius 1 is 1.45 bits per heavy atom. The summed E-state index contributed by atoms with van der Waals surface area (Å²) in [5, 5.41) is 0. The van der Waals surface area contributed by atoms with Crippen LogP contribution >= 0.6 is 15.9 Å². The van der Waals surface area contributed by atoms with Crippen molar-refractivity contribution in [3.05, 3.63) is 29.3 Å². The summed E-state index contributed by atoms with van der Waals surface area (Å²) in [6, 6.07) is 6.09. The van der Waals surface area contributed by atoms with Gasteiger partial charge < -0.3 is 9.64 Å². The number of alkyl halides is 1. The minimum atomic E-state index is -0.444. The van der Waals surface area contributed by atoms with Gasteiger partial charge in [0.2, 0.25) is 0 Å². The van der Waals surface area contributed by atoms with E-state index in [2.05, 4.69) is 33.8 Å². The van der Waals surface area contributed by atoms with Crippen LogP contribution in [0.1, 0.15) is 24.5 Å². The quantitative estimate of drug-likeness (QED) is 0.790. The van der Waals surface area contributed by atoms with Crippen molar-refractivity contribution in [1.82, 2.24) is 4.90 Å². The monoisotopic (exact) mass is 339 g/mol. The van der Waals surface area contributed by atoms with E-state index in [-0.39, 0.29) is 10.6 Å². The van der Waals surface area contributed by atoms with Crippen LogP contribution in [0.4, 0.5) is 0 Å². The highest BCUT2D eigenvalue weighted by molar-refractivity contribution is 9.10. The molecule has 0 bridgehead atoms. The first-order valence-corrected chi connectivity index (χ1v) is 7.80. The molecule has 1 aromatic carbocycles. The van der Waals surface area contributed by atoms with Crippen molar-refractivity contribution < 1.29 is 9.53 Å². The van der Waals surface area contributed by atoms with Gasteiger partial charge in [-0.15, -0.1) is 0 Å². The van der Waals surface area contributed by atoms with Gasteiger partial charge in [-0.1, -0.05) is 22.0 Å². The summed E-state index contributed by atoms with van der Waals surface area (Å²) in [7, 11) is 5.74. The zero-order chi connectivity index (χ0) is 14.9. The molecule has 0 saturated heterocycles. The Bertz CT molecular complexity index is 515. The van der Waals surface area contributed by atoms with Gasteiger partial charge in [-0.05, 0) is 63.7 Å². The second-order valence-electron chi connectivity index (χ2n) is 5.94. The largest absolute Gasteiger partial charge is 0.497 e. The van der Waals surface area contributed by atoms with Gasteiger partial charge in [-0.25, -0.2) is 0 Å². The van der Waals surface area contributed by atoms with Gasteiger partial charge in [0.1, 0.15) is 5.75 Å². The van der Waals surface area contributed by atoms with E-state index in [4.69, 9.17) is 4.74 Å². The highest BCUT2D eigenvalue weighted by atomic mass is 79.9. The molecule has 110 valence electrons.